The molecule has 4 heteroatoms. The van der Waals surface area contributed by atoms with Crippen LogP contribution in [0.1, 0.15) is 32.6 Å². The zero-order chi connectivity index (χ0) is 15.7. The molecule has 0 heterocycles. The van der Waals surface area contributed by atoms with Crippen LogP contribution in [0.2, 0.25) is 0 Å². The lowest BCUT2D eigenvalue weighted by atomic mass is 10.1. The van der Waals surface area contributed by atoms with E-state index in [2.05, 4.69) is 47.3 Å². The maximum Gasteiger partial charge on any atom is 0.230 e. The molecule has 3 fully saturated rings. The van der Waals surface area contributed by atoms with Crippen LogP contribution in [0.15, 0.2) is 41.3 Å². The molecule has 3 aliphatic rings. The second-order valence-corrected chi connectivity index (χ2v) is 8.58. The topological polar surface area (TPSA) is 41.1 Å². The minimum Gasteiger partial charge on any atom is -0.326 e. The molecule has 23 heavy (non-hydrogen) atoms. The minimum atomic E-state index is 0.0241. The number of carbonyl (C=O) groups is 1. The molecule has 3 saturated carbocycles. The Morgan fingerprint density at radius 3 is 2.57 bits per heavy atom. The molecule has 0 aromatic heterocycles. The predicted octanol–water partition coefficient (Wildman–Crippen LogP) is 4.34. The average Bonchev–Trinajstić information content (AvgIpc) is 3.40. The molecule has 0 saturated heterocycles. The smallest absolute Gasteiger partial charge is 0.230 e. The zero-order valence-corrected chi connectivity index (χ0v) is 14.0. The number of nitrogens with one attached hydrogen (secondary N) is 2. The summed E-state index contributed by atoms with van der Waals surface area (Å²) in [5.74, 6) is 0.900. The van der Waals surface area contributed by atoms with Gasteiger partial charge >= 0.3 is 0 Å². The fraction of sp³-hybridized carbons (Fsp3) is 0.421. The van der Waals surface area contributed by atoms with Crippen LogP contribution in [-0.4, -0.2) is 11.4 Å². The highest BCUT2D eigenvalue weighted by Crippen LogP contribution is 2.75. The maximum atomic E-state index is 12.2. The Morgan fingerprint density at radius 1 is 1.13 bits per heavy atom. The molecule has 0 bridgehead atoms. The zero-order valence-electron chi connectivity index (χ0n) is 13.2. The lowest BCUT2D eigenvalue weighted by Crippen LogP contribution is -2.19. The van der Waals surface area contributed by atoms with Crippen molar-refractivity contribution >= 4 is 34.3 Å². The Labute approximate surface area is 140 Å². The third kappa shape index (κ3) is 2.45. The van der Waals surface area contributed by atoms with E-state index in [4.69, 9.17) is 0 Å². The van der Waals surface area contributed by atoms with Gasteiger partial charge in [0, 0.05) is 16.1 Å². The molecule has 2 aromatic rings. The van der Waals surface area contributed by atoms with Crippen molar-refractivity contribution in [3.63, 3.8) is 0 Å². The second-order valence-electron chi connectivity index (χ2n) is 7.70. The van der Waals surface area contributed by atoms with Gasteiger partial charge in [0.1, 0.15) is 0 Å². The van der Waals surface area contributed by atoms with Gasteiger partial charge < -0.3 is 5.32 Å². The Kier molecular flexibility index (Phi) is 2.73. The molecule has 0 unspecified atom stereocenters. The molecular weight excluding hydrogens is 304 g/mol. The van der Waals surface area contributed by atoms with E-state index in [1.807, 2.05) is 6.07 Å². The number of anilines is 1. The van der Waals surface area contributed by atoms with Gasteiger partial charge in [0.05, 0.1) is 5.41 Å². The van der Waals surface area contributed by atoms with Crippen molar-refractivity contribution in [2.24, 2.45) is 11.3 Å². The highest BCUT2D eigenvalue weighted by molar-refractivity contribution is 7.97. The largest absolute Gasteiger partial charge is 0.326 e. The van der Waals surface area contributed by atoms with E-state index in [0.717, 1.165) is 18.5 Å². The summed E-state index contributed by atoms with van der Waals surface area (Å²) in [5.41, 5.74) is 1.26. The van der Waals surface area contributed by atoms with Gasteiger partial charge in [-0.15, -0.1) is 0 Å². The quantitative estimate of drug-likeness (QED) is 0.804. The number of hydrogen-bond acceptors (Lipinski definition) is 3. The molecule has 0 aliphatic heterocycles. The third-order valence-electron chi connectivity index (χ3n) is 5.62. The summed E-state index contributed by atoms with van der Waals surface area (Å²) in [4.78, 5) is 13.5. The molecule has 5 rings (SSSR count). The molecule has 0 atom stereocenters. The van der Waals surface area contributed by atoms with Crippen molar-refractivity contribution in [1.29, 1.82) is 0 Å². The highest BCUT2D eigenvalue weighted by atomic mass is 32.2. The van der Waals surface area contributed by atoms with E-state index in [1.54, 1.807) is 11.9 Å². The number of rotatable bonds is 5. The van der Waals surface area contributed by atoms with Crippen molar-refractivity contribution in [1.82, 2.24) is 4.72 Å². The SMILES string of the molecule is CC1(NSc2ccc3ccc(NC(=O)C45CC4C5)cc3c2)CC1. The Hall–Kier alpha value is -1.52. The molecule has 3 nitrogen and oxygen atoms in total. The van der Waals surface area contributed by atoms with Gasteiger partial charge in [-0.25, -0.2) is 0 Å². The Balaban J connectivity index is 1.35. The van der Waals surface area contributed by atoms with Crippen LogP contribution in [0.5, 0.6) is 0 Å². The monoisotopic (exact) mass is 324 g/mol. The molecule has 118 valence electrons. The van der Waals surface area contributed by atoms with Crippen LogP contribution in [0, 0.1) is 11.3 Å². The van der Waals surface area contributed by atoms with Crippen molar-refractivity contribution in [2.75, 3.05) is 5.32 Å². The molecule has 1 amide bonds. The van der Waals surface area contributed by atoms with Crippen molar-refractivity contribution in [3.8, 4) is 0 Å². The van der Waals surface area contributed by atoms with Crippen molar-refractivity contribution in [2.45, 2.75) is 43.0 Å². The maximum absolute atomic E-state index is 12.2. The summed E-state index contributed by atoms with van der Waals surface area (Å²) < 4.78 is 3.54. The summed E-state index contributed by atoms with van der Waals surface area (Å²) in [7, 11) is 0. The van der Waals surface area contributed by atoms with Gasteiger partial charge in [-0.3, -0.25) is 9.52 Å². The number of benzene rings is 2. The van der Waals surface area contributed by atoms with Crippen LogP contribution in [0.3, 0.4) is 0 Å². The van der Waals surface area contributed by atoms with Gasteiger partial charge in [0.15, 0.2) is 0 Å². The second kappa shape index (κ2) is 4.52. The average molecular weight is 324 g/mol. The fourth-order valence-corrected chi connectivity index (χ4v) is 4.06. The first-order valence-corrected chi connectivity index (χ1v) is 9.17. The van der Waals surface area contributed by atoms with Crippen LogP contribution in [0.25, 0.3) is 10.8 Å². The lowest BCUT2D eigenvalue weighted by Gasteiger charge is -2.11. The summed E-state index contributed by atoms with van der Waals surface area (Å²) in [6, 6.07) is 12.7. The van der Waals surface area contributed by atoms with Gasteiger partial charge in [0.25, 0.3) is 0 Å². The molecule has 0 radical (unpaired) electrons. The van der Waals surface area contributed by atoms with E-state index >= 15 is 0 Å². The third-order valence-corrected chi connectivity index (χ3v) is 6.70. The van der Waals surface area contributed by atoms with Gasteiger partial charge in [-0.1, -0.05) is 12.1 Å². The Bertz CT molecular complexity index is 821. The molecular formula is C19H20N2OS. The van der Waals surface area contributed by atoms with E-state index < -0.39 is 0 Å². The Morgan fingerprint density at radius 2 is 1.87 bits per heavy atom. The number of carbonyl (C=O) groups excluding carboxylic acids is 1. The van der Waals surface area contributed by atoms with Crippen LogP contribution >= 0.6 is 11.9 Å². The number of amides is 1. The van der Waals surface area contributed by atoms with Crippen molar-refractivity contribution < 1.29 is 4.79 Å². The van der Waals surface area contributed by atoms with E-state index in [0.29, 0.717) is 11.5 Å². The highest BCUT2D eigenvalue weighted by Gasteiger charge is 2.74. The fourth-order valence-electron chi connectivity index (χ4n) is 3.17. The first-order chi connectivity index (χ1) is 11.1. The summed E-state index contributed by atoms with van der Waals surface area (Å²) in [6.45, 7) is 2.26. The first-order valence-electron chi connectivity index (χ1n) is 8.36. The molecule has 2 aromatic carbocycles. The van der Waals surface area contributed by atoms with Gasteiger partial charge in [0.2, 0.25) is 5.91 Å². The normalized spacial score (nSPS) is 29.0. The molecule has 2 N–H and O–H groups in total. The standard InChI is InChI=1S/C19H20N2OS/c1-18(6-7-18)21-23-16-5-3-12-2-4-15(8-13(12)9-16)20-17(22)19-10-14(19)11-19/h2-5,8-9,14,21H,6-7,10-11H2,1H3,(H,20,22). The molecule has 0 spiro atoms. The van der Waals surface area contributed by atoms with Crippen molar-refractivity contribution in [3.05, 3.63) is 36.4 Å². The van der Waals surface area contributed by atoms with Gasteiger partial charge in [-0.2, -0.15) is 0 Å². The predicted molar refractivity (Wildman–Crippen MR) is 94.4 cm³/mol. The van der Waals surface area contributed by atoms with E-state index in [1.165, 1.54) is 28.5 Å². The van der Waals surface area contributed by atoms with Crippen LogP contribution in [0.4, 0.5) is 5.69 Å². The van der Waals surface area contributed by atoms with E-state index in [9.17, 15) is 4.79 Å². The first kappa shape index (κ1) is 13.9. The summed E-state index contributed by atoms with van der Waals surface area (Å²) in [5, 5.41) is 5.49. The summed E-state index contributed by atoms with van der Waals surface area (Å²) >= 11 is 1.71. The summed E-state index contributed by atoms with van der Waals surface area (Å²) in [6.07, 6.45) is 4.70. The minimum absolute atomic E-state index is 0.0241. The van der Waals surface area contributed by atoms with E-state index in [-0.39, 0.29) is 11.3 Å². The lowest BCUT2D eigenvalue weighted by molar-refractivity contribution is -0.119. The van der Waals surface area contributed by atoms with Crippen LogP contribution < -0.4 is 10.0 Å². The molecule has 3 aliphatic carbocycles. The van der Waals surface area contributed by atoms with Crippen LogP contribution in [-0.2, 0) is 4.79 Å². The number of hydrogen-bond donors (Lipinski definition) is 2. The number of fused-ring (bicyclic) bond motifs is 2. The van der Waals surface area contributed by atoms with Gasteiger partial charge in [-0.05, 0) is 85.5 Å².